The summed E-state index contributed by atoms with van der Waals surface area (Å²) in [5.41, 5.74) is 0. The molecule has 0 aromatic carbocycles. The van der Waals surface area contributed by atoms with Gasteiger partial charge in [0.05, 0.1) is 6.54 Å². The minimum absolute atomic E-state index is 0. The molecule has 4 nitrogen and oxygen atoms in total. The highest BCUT2D eigenvalue weighted by atomic mass is 127. The quantitative estimate of drug-likeness (QED) is 0.409. The molecule has 22 heavy (non-hydrogen) atoms. The summed E-state index contributed by atoms with van der Waals surface area (Å²) in [5.74, 6) is 1.64. The summed E-state index contributed by atoms with van der Waals surface area (Å²) in [6.07, 6.45) is 2.61. The summed E-state index contributed by atoms with van der Waals surface area (Å²) in [4.78, 5) is 8.26. The fraction of sp³-hybridized carbons (Fsp3) is 0.688. The number of rotatable bonds is 6. The van der Waals surface area contributed by atoms with Crippen molar-refractivity contribution in [3.05, 3.63) is 22.4 Å². The molecule has 0 bridgehead atoms. The molecule has 126 valence electrons. The third-order valence-corrected chi connectivity index (χ3v) is 4.71. The van der Waals surface area contributed by atoms with Crippen LogP contribution in [0.3, 0.4) is 0 Å². The first kappa shape index (κ1) is 19.7. The number of nitrogens with zero attached hydrogens (tertiary/aromatic N) is 2. The van der Waals surface area contributed by atoms with Crippen LogP contribution in [0.25, 0.3) is 0 Å². The van der Waals surface area contributed by atoms with Crippen LogP contribution in [0.1, 0.15) is 31.6 Å². The number of likely N-dealkylation sites (tertiary alicyclic amines) is 1. The van der Waals surface area contributed by atoms with Crippen molar-refractivity contribution >= 4 is 41.3 Å². The summed E-state index contributed by atoms with van der Waals surface area (Å²) in [7, 11) is 1.84. The van der Waals surface area contributed by atoms with E-state index in [9.17, 15) is 0 Å². The summed E-state index contributed by atoms with van der Waals surface area (Å²) in [6.45, 7) is 8.86. The molecular weight excluding hydrogens is 407 g/mol. The van der Waals surface area contributed by atoms with E-state index in [1.165, 1.54) is 30.8 Å². The number of hydrogen-bond acceptors (Lipinski definition) is 3. The highest BCUT2D eigenvalue weighted by molar-refractivity contribution is 14.0. The van der Waals surface area contributed by atoms with Gasteiger partial charge in [-0.05, 0) is 36.8 Å². The van der Waals surface area contributed by atoms with Crippen molar-refractivity contribution in [1.82, 2.24) is 15.5 Å². The zero-order valence-electron chi connectivity index (χ0n) is 13.8. The van der Waals surface area contributed by atoms with Gasteiger partial charge in [0.2, 0.25) is 0 Å². The van der Waals surface area contributed by atoms with Gasteiger partial charge in [0.15, 0.2) is 5.96 Å². The molecule has 1 aliphatic rings. The molecule has 1 saturated heterocycles. The van der Waals surface area contributed by atoms with Gasteiger partial charge in [0, 0.05) is 31.1 Å². The highest BCUT2D eigenvalue weighted by Crippen LogP contribution is 2.17. The minimum atomic E-state index is 0. The van der Waals surface area contributed by atoms with Gasteiger partial charge in [-0.3, -0.25) is 9.89 Å². The van der Waals surface area contributed by atoms with Crippen molar-refractivity contribution in [1.29, 1.82) is 0 Å². The maximum atomic E-state index is 4.31. The van der Waals surface area contributed by atoms with Crippen LogP contribution in [0, 0.1) is 5.92 Å². The largest absolute Gasteiger partial charge is 0.355 e. The summed E-state index contributed by atoms with van der Waals surface area (Å²) < 4.78 is 0. The Morgan fingerprint density at radius 2 is 2.27 bits per heavy atom. The lowest BCUT2D eigenvalue weighted by Gasteiger charge is -2.27. The second-order valence-corrected chi connectivity index (χ2v) is 7.10. The summed E-state index contributed by atoms with van der Waals surface area (Å²) in [6, 6.07) is 4.87. The maximum absolute atomic E-state index is 4.31. The predicted molar refractivity (Wildman–Crippen MR) is 107 cm³/mol. The van der Waals surface area contributed by atoms with Gasteiger partial charge >= 0.3 is 0 Å². The van der Waals surface area contributed by atoms with Crippen molar-refractivity contribution in [3.8, 4) is 0 Å². The van der Waals surface area contributed by atoms with Crippen molar-refractivity contribution in [3.63, 3.8) is 0 Å². The highest BCUT2D eigenvalue weighted by Gasteiger charge is 2.24. The lowest BCUT2D eigenvalue weighted by atomic mass is 10.1. The molecule has 0 aliphatic carbocycles. The molecule has 1 aromatic heterocycles. The molecule has 1 aromatic rings. The second-order valence-electron chi connectivity index (χ2n) is 6.07. The van der Waals surface area contributed by atoms with E-state index in [4.69, 9.17) is 0 Å². The Balaban J connectivity index is 0.00000242. The molecule has 2 N–H and O–H groups in total. The lowest BCUT2D eigenvalue weighted by Crippen LogP contribution is -2.45. The third-order valence-electron chi connectivity index (χ3n) is 3.84. The van der Waals surface area contributed by atoms with E-state index in [-0.39, 0.29) is 24.0 Å². The van der Waals surface area contributed by atoms with Crippen molar-refractivity contribution < 1.29 is 0 Å². The molecule has 0 spiro atoms. The number of halogens is 1. The van der Waals surface area contributed by atoms with Crippen LogP contribution in [0.4, 0.5) is 0 Å². The molecule has 0 radical (unpaired) electrons. The maximum Gasteiger partial charge on any atom is 0.191 e. The van der Waals surface area contributed by atoms with Crippen molar-refractivity contribution in [2.24, 2.45) is 10.9 Å². The molecule has 0 amide bonds. The Kier molecular flexibility index (Phi) is 9.35. The molecule has 2 heterocycles. The SMILES string of the molecule is CN=C(NCc1cccs1)NC[C@H]1CCCN1CC(C)C.I. The fourth-order valence-electron chi connectivity index (χ4n) is 2.85. The van der Waals surface area contributed by atoms with E-state index < -0.39 is 0 Å². The Morgan fingerprint density at radius 1 is 1.45 bits per heavy atom. The smallest absolute Gasteiger partial charge is 0.191 e. The number of hydrogen-bond donors (Lipinski definition) is 2. The van der Waals surface area contributed by atoms with Crippen LogP contribution in [0.2, 0.25) is 0 Å². The topological polar surface area (TPSA) is 39.7 Å². The molecular formula is C16H29IN4S. The van der Waals surface area contributed by atoms with Crippen molar-refractivity contribution in [2.45, 2.75) is 39.3 Å². The fourth-order valence-corrected chi connectivity index (χ4v) is 3.50. The number of guanidine groups is 1. The van der Waals surface area contributed by atoms with Crippen LogP contribution in [-0.2, 0) is 6.54 Å². The van der Waals surface area contributed by atoms with E-state index >= 15 is 0 Å². The van der Waals surface area contributed by atoms with Gasteiger partial charge in [-0.25, -0.2) is 0 Å². The minimum Gasteiger partial charge on any atom is -0.355 e. The zero-order valence-corrected chi connectivity index (χ0v) is 17.0. The predicted octanol–water partition coefficient (Wildman–Crippen LogP) is 3.15. The van der Waals surface area contributed by atoms with E-state index in [0.717, 1.165) is 25.0 Å². The Morgan fingerprint density at radius 3 is 2.91 bits per heavy atom. The molecule has 6 heteroatoms. The lowest BCUT2D eigenvalue weighted by molar-refractivity contribution is 0.226. The van der Waals surface area contributed by atoms with E-state index in [1.807, 2.05) is 7.05 Å². The first-order chi connectivity index (χ1) is 10.2. The average molecular weight is 436 g/mol. The average Bonchev–Trinajstić information content (AvgIpc) is 3.10. The normalized spacial score (nSPS) is 19.3. The van der Waals surface area contributed by atoms with Crippen LogP contribution < -0.4 is 10.6 Å². The standard InChI is InChI=1S/C16H28N4S.HI/c1-13(2)12-20-8-4-6-14(20)10-18-16(17-3)19-11-15-7-5-9-21-15;/h5,7,9,13-14H,4,6,8,10-12H2,1-3H3,(H2,17,18,19);1H/t14-;/m1./s1. The summed E-state index contributed by atoms with van der Waals surface area (Å²) in [5, 5.41) is 8.97. The number of thiophene rings is 1. The number of nitrogens with one attached hydrogen (secondary N) is 2. The Labute approximate surface area is 155 Å². The van der Waals surface area contributed by atoms with Gasteiger partial charge in [-0.2, -0.15) is 0 Å². The van der Waals surface area contributed by atoms with Gasteiger partial charge in [-0.15, -0.1) is 35.3 Å². The Hall–Kier alpha value is -0.340. The molecule has 1 atom stereocenters. The van der Waals surface area contributed by atoms with Crippen LogP contribution in [0.5, 0.6) is 0 Å². The molecule has 0 unspecified atom stereocenters. The first-order valence-electron chi connectivity index (χ1n) is 7.90. The molecule has 2 rings (SSSR count). The van der Waals surface area contributed by atoms with E-state index in [2.05, 4.69) is 51.9 Å². The van der Waals surface area contributed by atoms with Crippen molar-refractivity contribution in [2.75, 3.05) is 26.7 Å². The third kappa shape index (κ3) is 6.42. The molecule has 1 fully saturated rings. The van der Waals surface area contributed by atoms with Gasteiger partial charge in [-0.1, -0.05) is 19.9 Å². The second kappa shape index (κ2) is 10.4. The van der Waals surface area contributed by atoms with Crippen LogP contribution in [0.15, 0.2) is 22.5 Å². The van der Waals surface area contributed by atoms with Gasteiger partial charge in [0.25, 0.3) is 0 Å². The Bertz CT molecular complexity index is 433. The molecule has 0 saturated carbocycles. The van der Waals surface area contributed by atoms with Crippen LogP contribution in [-0.4, -0.2) is 43.6 Å². The summed E-state index contributed by atoms with van der Waals surface area (Å²) >= 11 is 1.77. The first-order valence-corrected chi connectivity index (χ1v) is 8.78. The van der Waals surface area contributed by atoms with E-state index in [1.54, 1.807) is 11.3 Å². The monoisotopic (exact) mass is 436 g/mol. The number of aliphatic imine (C=N–C) groups is 1. The van der Waals surface area contributed by atoms with Crippen LogP contribution >= 0.6 is 35.3 Å². The van der Waals surface area contributed by atoms with Gasteiger partial charge in [0.1, 0.15) is 0 Å². The molecule has 1 aliphatic heterocycles. The van der Waals surface area contributed by atoms with E-state index in [0.29, 0.717) is 6.04 Å². The zero-order chi connectivity index (χ0) is 15.1. The van der Waals surface area contributed by atoms with Gasteiger partial charge < -0.3 is 10.6 Å².